The van der Waals surface area contributed by atoms with Crippen LogP contribution in [0.3, 0.4) is 0 Å². The molecule has 1 aliphatic rings. The van der Waals surface area contributed by atoms with Crippen LogP contribution in [0.2, 0.25) is 0 Å². The minimum atomic E-state index is -0.738. The van der Waals surface area contributed by atoms with Crippen molar-refractivity contribution in [1.82, 2.24) is 4.90 Å². The Morgan fingerprint density at radius 3 is 2.47 bits per heavy atom. The summed E-state index contributed by atoms with van der Waals surface area (Å²) < 4.78 is 12.5. The Balaban J connectivity index is 1.41. The van der Waals surface area contributed by atoms with Crippen molar-refractivity contribution in [1.29, 1.82) is 0 Å². The molecule has 34 heavy (non-hydrogen) atoms. The molecule has 2 aromatic carbocycles. The Morgan fingerprint density at radius 2 is 1.76 bits per heavy atom. The van der Waals surface area contributed by atoms with Gasteiger partial charge in [0.05, 0.1) is 16.7 Å². The fourth-order valence-corrected chi connectivity index (χ4v) is 6.51. The standard InChI is InChI=1S/C27H25NO4S2/c1-31-26(30)27(19-8-3-2-4-9-19)13-15-28(16-14-27)25(29)24-21(18-34-23-12-7-17-33-23)20-10-5-6-11-22(20)32-24/h2-12,17H,13-16,18H2,1H3. The lowest BCUT2D eigenvalue weighted by atomic mass is 9.72. The lowest BCUT2D eigenvalue weighted by Crippen LogP contribution is -2.49. The van der Waals surface area contributed by atoms with Crippen LogP contribution in [0.5, 0.6) is 0 Å². The second kappa shape index (κ2) is 9.68. The van der Waals surface area contributed by atoms with Crippen LogP contribution in [0.4, 0.5) is 0 Å². The fourth-order valence-electron chi connectivity index (χ4n) is 4.70. The molecule has 1 aliphatic heterocycles. The number of para-hydroxylation sites is 1. The molecule has 1 fully saturated rings. The van der Waals surface area contributed by atoms with E-state index in [0.717, 1.165) is 22.1 Å². The maximum absolute atomic E-state index is 13.6. The SMILES string of the molecule is COC(=O)C1(c2ccccc2)CCN(C(=O)c2oc3ccccc3c2CSc2cccs2)CC1. The second-order valence-electron chi connectivity index (χ2n) is 8.36. The molecule has 0 spiro atoms. The number of thioether (sulfide) groups is 1. The van der Waals surface area contributed by atoms with Gasteiger partial charge in [-0.3, -0.25) is 9.59 Å². The predicted molar refractivity (Wildman–Crippen MR) is 135 cm³/mol. The van der Waals surface area contributed by atoms with Gasteiger partial charge in [0.2, 0.25) is 0 Å². The molecule has 1 amide bonds. The summed E-state index contributed by atoms with van der Waals surface area (Å²) in [6.07, 6.45) is 1.02. The molecule has 1 saturated heterocycles. The van der Waals surface area contributed by atoms with Gasteiger partial charge in [-0.2, -0.15) is 0 Å². The molecule has 174 valence electrons. The highest BCUT2D eigenvalue weighted by atomic mass is 32.2. The number of ether oxygens (including phenoxy) is 1. The largest absolute Gasteiger partial charge is 0.468 e. The van der Waals surface area contributed by atoms with Crippen molar-refractivity contribution >= 4 is 45.9 Å². The number of hydrogen-bond acceptors (Lipinski definition) is 6. The van der Waals surface area contributed by atoms with E-state index in [1.54, 1.807) is 28.0 Å². The van der Waals surface area contributed by atoms with Crippen molar-refractivity contribution in [3.8, 4) is 0 Å². The zero-order valence-corrected chi connectivity index (χ0v) is 20.5. The van der Waals surface area contributed by atoms with Gasteiger partial charge in [-0.05, 0) is 35.9 Å². The quantitative estimate of drug-likeness (QED) is 0.240. The third-order valence-electron chi connectivity index (χ3n) is 6.55. The van der Waals surface area contributed by atoms with E-state index in [4.69, 9.17) is 9.15 Å². The summed E-state index contributed by atoms with van der Waals surface area (Å²) in [4.78, 5) is 28.3. The van der Waals surface area contributed by atoms with Crippen LogP contribution in [0.1, 0.15) is 34.5 Å². The summed E-state index contributed by atoms with van der Waals surface area (Å²) in [6.45, 7) is 0.911. The monoisotopic (exact) mass is 491 g/mol. The third kappa shape index (κ3) is 4.14. The minimum absolute atomic E-state index is 0.121. The molecule has 0 bridgehead atoms. The van der Waals surface area contributed by atoms with Crippen LogP contribution in [-0.4, -0.2) is 37.0 Å². The van der Waals surface area contributed by atoms with E-state index in [1.807, 2.05) is 60.7 Å². The minimum Gasteiger partial charge on any atom is -0.468 e. The number of fused-ring (bicyclic) bond motifs is 1. The van der Waals surface area contributed by atoms with Gasteiger partial charge < -0.3 is 14.1 Å². The number of amides is 1. The van der Waals surface area contributed by atoms with Crippen LogP contribution < -0.4 is 0 Å². The predicted octanol–water partition coefficient (Wildman–Crippen LogP) is 6.13. The maximum atomic E-state index is 13.6. The molecule has 0 unspecified atom stereocenters. The molecule has 4 aromatic rings. The number of rotatable bonds is 6. The summed E-state index contributed by atoms with van der Waals surface area (Å²) in [5, 5.41) is 3.02. The third-order valence-corrected chi connectivity index (χ3v) is 8.71. The molecular weight excluding hydrogens is 466 g/mol. The van der Waals surface area contributed by atoms with Crippen LogP contribution >= 0.6 is 23.1 Å². The molecule has 7 heteroatoms. The van der Waals surface area contributed by atoms with Crippen molar-refractivity contribution in [2.24, 2.45) is 0 Å². The van der Waals surface area contributed by atoms with E-state index in [0.29, 0.717) is 37.4 Å². The van der Waals surface area contributed by atoms with Gasteiger partial charge in [0.1, 0.15) is 5.58 Å². The van der Waals surface area contributed by atoms with Crippen molar-refractivity contribution in [3.05, 3.63) is 89.0 Å². The number of piperidine rings is 1. The molecule has 5 nitrogen and oxygen atoms in total. The zero-order chi connectivity index (χ0) is 23.5. The molecule has 0 atom stereocenters. The molecule has 0 aliphatic carbocycles. The first-order valence-corrected chi connectivity index (χ1v) is 13.1. The first-order valence-electron chi connectivity index (χ1n) is 11.2. The summed E-state index contributed by atoms with van der Waals surface area (Å²) in [6, 6.07) is 21.6. The summed E-state index contributed by atoms with van der Waals surface area (Å²) >= 11 is 3.40. The number of thiophene rings is 1. The average molecular weight is 492 g/mol. The van der Waals surface area contributed by atoms with Crippen LogP contribution in [0.15, 0.2) is 80.7 Å². The van der Waals surface area contributed by atoms with Crippen LogP contribution in [-0.2, 0) is 20.7 Å². The molecule has 0 saturated carbocycles. The Kier molecular flexibility index (Phi) is 6.48. The normalized spacial score (nSPS) is 15.4. The number of hydrogen-bond donors (Lipinski definition) is 0. The Bertz CT molecular complexity index is 1290. The summed E-state index contributed by atoms with van der Waals surface area (Å²) in [5.41, 5.74) is 1.84. The average Bonchev–Trinajstić information content (AvgIpc) is 3.55. The van der Waals surface area contributed by atoms with E-state index in [-0.39, 0.29) is 11.9 Å². The first-order chi connectivity index (χ1) is 16.6. The number of esters is 1. The maximum Gasteiger partial charge on any atom is 0.316 e. The van der Waals surface area contributed by atoms with Crippen molar-refractivity contribution in [2.75, 3.05) is 20.2 Å². The van der Waals surface area contributed by atoms with E-state index in [2.05, 4.69) is 11.4 Å². The molecule has 2 aromatic heterocycles. The van der Waals surface area contributed by atoms with Gasteiger partial charge in [-0.1, -0.05) is 54.6 Å². The van der Waals surface area contributed by atoms with Crippen LogP contribution in [0.25, 0.3) is 11.0 Å². The summed E-state index contributed by atoms with van der Waals surface area (Å²) in [7, 11) is 1.43. The fraction of sp³-hybridized carbons (Fsp3) is 0.259. The van der Waals surface area contributed by atoms with E-state index >= 15 is 0 Å². The molecule has 0 N–H and O–H groups in total. The number of carbonyl (C=O) groups is 2. The van der Waals surface area contributed by atoms with Crippen molar-refractivity contribution in [2.45, 2.75) is 28.2 Å². The van der Waals surface area contributed by atoms with E-state index in [9.17, 15) is 9.59 Å². The number of nitrogens with zero attached hydrogens (tertiary/aromatic N) is 1. The number of methoxy groups -OCH3 is 1. The lowest BCUT2D eigenvalue weighted by molar-refractivity contribution is -0.149. The lowest BCUT2D eigenvalue weighted by Gasteiger charge is -2.39. The number of carbonyl (C=O) groups excluding carboxylic acids is 2. The Hall–Kier alpha value is -3.03. The van der Waals surface area contributed by atoms with Crippen molar-refractivity contribution in [3.63, 3.8) is 0 Å². The summed E-state index contributed by atoms with van der Waals surface area (Å²) in [5.74, 6) is 0.686. The molecule has 0 radical (unpaired) electrons. The highest BCUT2D eigenvalue weighted by Gasteiger charge is 2.45. The smallest absolute Gasteiger partial charge is 0.316 e. The Labute approximate surface area is 206 Å². The second-order valence-corrected chi connectivity index (χ2v) is 10.6. The van der Waals surface area contributed by atoms with E-state index < -0.39 is 5.41 Å². The highest BCUT2D eigenvalue weighted by molar-refractivity contribution is 8.00. The van der Waals surface area contributed by atoms with Gasteiger partial charge in [-0.25, -0.2) is 0 Å². The van der Waals surface area contributed by atoms with Crippen LogP contribution in [0, 0.1) is 0 Å². The number of benzene rings is 2. The van der Waals surface area contributed by atoms with Crippen molar-refractivity contribution < 1.29 is 18.7 Å². The van der Waals surface area contributed by atoms with Gasteiger partial charge in [-0.15, -0.1) is 23.1 Å². The molecular formula is C27H25NO4S2. The topological polar surface area (TPSA) is 59.8 Å². The molecule has 5 rings (SSSR count). The molecule has 3 heterocycles. The van der Waals surface area contributed by atoms with E-state index in [1.165, 1.54) is 11.3 Å². The van der Waals surface area contributed by atoms with Gasteiger partial charge in [0.25, 0.3) is 5.91 Å². The Morgan fingerprint density at radius 1 is 1.03 bits per heavy atom. The first kappa shape index (κ1) is 22.7. The van der Waals surface area contributed by atoms with Gasteiger partial charge >= 0.3 is 5.97 Å². The number of furan rings is 1. The highest BCUT2D eigenvalue weighted by Crippen LogP contribution is 2.39. The van der Waals surface area contributed by atoms with Gasteiger partial charge in [0.15, 0.2) is 5.76 Å². The van der Waals surface area contributed by atoms with Gasteiger partial charge in [0, 0.05) is 29.8 Å². The zero-order valence-electron chi connectivity index (χ0n) is 18.9. The number of likely N-dealkylation sites (tertiary alicyclic amines) is 1.